The summed E-state index contributed by atoms with van der Waals surface area (Å²) in [7, 11) is -3.67. The maximum Gasteiger partial charge on any atom is 0.243 e. The Balaban J connectivity index is 1.67. The number of Topliss-reactive ketones (excluding diaryl/α,β-unsaturated/α-hetero) is 1. The van der Waals surface area contributed by atoms with Gasteiger partial charge in [-0.25, -0.2) is 8.42 Å². The lowest BCUT2D eigenvalue weighted by Crippen LogP contribution is -2.38. The van der Waals surface area contributed by atoms with Crippen molar-refractivity contribution in [2.45, 2.75) is 37.6 Å². The zero-order valence-electron chi connectivity index (χ0n) is 16.0. The van der Waals surface area contributed by atoms with Gasteiger partial charge in [-0.15, -0.1) is 0 Å². The number of ether oxygens (including phenoxy) is 2. The monoisotopic (exact) mass is 401 g/mol. The van der Waals surface area contributed by atoms with Crippen LogP contribution in [0.25, 0.3) is 0 Å². The maximum atomic E-state index is 13.2. The van der Waals surface area contributed by atoms with Gasteiger partial charge in [0.1, 0.15) is 0 Å². The summed E-state index contributed by atoms with van der Waals surface area (Å²) in [5, 5.41) is 0. The SMILES string of the molecule is CC(=O)c1ccc(S(=O)(=O)N2CCc3cc4c(cc3[C@H]2C)OCCCO4)cc1. The highest BCUT2D eigenvalue weighted by atomic mass is 32.2. The Morgan fingerprint density at radius 1 is 1.07 bits per heavy atom. The summed E-state index contributed by atoms with van der Waals surface area (Å²) in [5.74, 6) is 1.32. The van der Waals surface area contributed by atoms with Gasteiger partial charge in [-0.3, -0.25) is 4.79 Å². The number of hydrogen-bond donors (Lipinski definition) is 0. The summed E-state index contributed by atoms with van der Waals surface area (Å²) >= 11 is 0. The van der Waals surface area contributed by atoms with E-state index < -0.39 is 10.0 Å². The first-order chi connectivity index (χ1) is 13.4. The van der Waals surface area contributed by atoms with Crippen LogP contribution in [0.5, 0.6) is 11.5 Å². The third-order valence-electron chi connectivity index (χ3n) is 5.36. The molecule has 0 radical (unpaired) electrons. The first kappa shape index (κ1) is 19.0. The largest absolute Gasteiger partial charge is 0.490 e. The summed E-state index contributed by atoms with van der Waals surface area (Å²) in [6, 6.07) is 9.70. The molecule has 0 fully saturated rings. The van der Waals surface area contributed by atoms with Gasteiger partial charge in [-0.1, -0.05) is 12.1 Å². The van der Waals surface area contributed by atoms with E-state index in [4.69, 9.17) is 9.47 Å². The van der Waals surface area contributed by atoms with Crippen molar-refractivity contribution >= 4 is 15.8 Å². The molecule has 2 aliphatic heterocycles. The molecule has 0 saturated carbocycles. The molecule has 4 rings (SSSR count). The van der Waals surface area contributed by atoms with Crippen LogP contribution in [0.15, 0.2) is 41.3 Å². The lowest BCUT2D eigenvalue weighted by atomic mass is 9.94. The molecule has 7 heteroatoms. The summed E-state index contributed by atoms with van der Waals surface area (Å²) in [6.45, 7) is 4.96. The molecular formula is C21H23NO5S. The Hall–Kier alpha value is -2.38. The lowest BCUT2D eigenvalue weighted by molar-refractivity contribution is 0.101. The Labute approximate surface area is 165 Å². The van der Waals surface area contributed by atoms with Gasteiger partial charge >= 0.3 is 0 Å². The molecule has 0 spiro atoms. The van der Waals surface area contributed by atoms with Crippen LogP contribution in [0.4, 0.5) is 0 Å². The molecule has 1 atom stereocenters. The zero-order chi connectivity index (χ0) is 19.9. The predicted molar refractivity (Wildman–Crippen MR) is 105 cm³/mol. The molecule has 2 aliphatic rings. The minimum absolute atomic E-state index is 0.0906. The topological polar surface area (TPSA) is 72.9 Å². The van der Waals surface area contributed by atoms with Crippen LogP contribution in [0.2, 0.25) is 0 Å². The molecule has 148 valence electrons. The second-order valence-electron chi connectivity index (χ2n) is 7.17. The van der Waals surface area contributed by atoms with Crippen LogP contribution in [-0.2, 0) is 16.4 Å². The molecule has 0 saturated heterocycles. The van der Waals surface area contributed by atoms with Gasteiger partial charge in [-0.05, 0) is 55.7 Å². The number of carbonyl (C=O) groups is 1. The number of carbonyl (C=O) groups excluding carboxylic acids is 1. The van der Waals surface area contributed by atoms with Gasteiger partial charge in [-0.2, -0.15) is 4.31 Å². The van der Waals surface area contributed by atoms with Gasteiger partial charge in [0.15, 0.2) is 17.3 Å². The van der Waals surface area contributed by atoms with Crippen molar-refractivity contribution in [1.29, 1.82) is 0 Å². The van der Waals surface area contributed by atoms with E-state index in [0.717, 1.165) is 23.3 Å². The fourth-order valence-corrected chi connectivity index (χ4v) is 5.39. The number of hydrogen-bond acceptors (Lipinski definition) is 5. The molecular weight excluding hydrogens is 378 g/mol. The van der Waals surface area contributed by atoms with Crippen LogP contribution in [0.1, 0.15) is 47.8 Å². The number of rotatable bonds is 3. The Kier molecular flexibility index (Phi) is 4.89. The van der Waals surface area contributed by atoms with E-state index in [-0.39, 0.29) is 16.7 Å². The molecule has 0 aliphatic carbocycles. The molecule has 0 bridgehead atoms. The van der Waals surface area contributed by atoms with Crippen LogP contribution in [-0.4, -0.2) is 38.3 Å². The van der Waals surface area contributed by atoms with Crippen molar-refractivity contribution in [2.24, 2.45) is 0 Å². The highest BCUT2D eigenvalue weighted by molar-refractivity contribution is 7.89. The number of nitrogens with zero attached hydrogens (tertiary/aromatic N) is 1. The zero-order valence-corrected chi connectivity index (χ0v) is 16.8. The highest BCUT2D eigenvalue weighted by Gasteiger charge is 2.35. The molecule has 28 heavy (non-hydrogen) atoms. The second kappa shape index (κ2) is 7.22. The quantitative estimate of drug-likeness (QED) is 0.738. The number of sulfonamides is 1. The molecule has 2 aromatic rings. The van der Waals surface area contributed by atoms with E-state index in [2.05, 4.69) is 0 Å². The van der Waals surface area contributed by atoms with Crippen LogP contribution < -0.4 is 9.47 Å². The van der Waals surface area contributed by atoms with Crippen molar-refractivity contribution in [3.63, 3.8) is 0 Å². The minimum Gasteiger partial charge on any atom is -0.490 e. The second-order valence-corrected chi connectivity index (χ2v) is 9.06. The van der Waals surface area contributed by atoms with Crippen molar-refractivity contribution < 1.29 is 22.7 Å². The first-order valence-corrected chi connectivity index (χ1v) is 10.9. The Morgan fingerprint density at radius 2 is 1.71 bits per heavy atom. The van der Waals surface area contributed by atoms with E-state index in [9.17, 15) is 13.2 Å². The van der Waals surface area contributed by atoms with Crippen LogP contribution in [0, 0.1) is 0 Å². The fraction of sp³-hybridized carbons (Fsp3) is 0.381. The number of ketones is 1. The van der Waals surface area contributed by atoms with E-state index >= 15 is 0 Å². The lowest BCUT2D eigenvalue weighted by Gasteiger charge is -2.34. The van der Waals surface area contributed by atoms with E-state index in [1.54, 1.807) is 12.1 Å². The fourth-order valence-electron chi connectivity index (χ4n) is 3.78. The molecule has 0 aromatic heterocycles. The molecule has 6 nitrogen and oxygen atoms in total. The molecule has 0 unspecified atom stereocenters. The minimum atomic E-state index is -3.67. The van der Waals surface area contributed by atoms with Crippen molar-refractivity contribution in [3.05, 3.63) is 53.1 Å². The molecule has 0 N–H and O–H groups in total. The highest BCUT2D eigenvalue weighted by Crippen LogP contribution is 2.40. The van der Waals surface area contributed by atoms with E-state index in [1.807, 2.05) is 19.1 Å². The van der Waals surface area contributed by atoms with Crippen molar-refractivity contribution in [2.75, 3.05) is 19.8 Å². The van der Waals surface area contributed by atoms with E-state index in [1.165, 1.54) is 23.4 Å². The van der Waals surface area contributed by atoms with Gasteiger partial charge in [0.2, 0.25) is 10.0 Å². The molecule has 2 aromatic carbocycles. The Bertz CT molecular complexity index is 1010. The summed E-state index contributed by atoms with van der Waals surface area (Å²) in [5.41, 5.74) is 2.53. The maximum absolute atomic E-state index is 13.2. The standard InChI is InChI=1S/C21H23NO5S/c1-14-19-13-21-20(26-10-3-11-27-21)12-17(19)8-9-22(14)28(24,25)18-6-4-16(5-7-18)15(2)23/h4-7,12-14H,3,8-11H2,1-2H3/t14-/m1/s1. The molecule has 0 amide bonds. The predicted octanol–water partition coefficient (Wildman–Crippen LogP) is 3.36. The van der Waals surface area contributed by atoms with Crippen LogP contribution in [0.3, 0.4) is 0 Å². The average molecular weight is 401 g/mol. The first-order valence-electron chi connectivity index (χ1n) is 9.43. The Morgan fingerprint density at radius 3 is 2.36 bits per heavy atom. The van der Waals surface area contributed by atoms with Gasteiger partial charge in [0, 0.05) is 24.6 Å². The van der Waals surface area contributed by atoms with Gasteiger partial charge in [0.05, 0.1) is 18.1 Å². The molecule has 2 heterocycles. The van der Waals surface area contributed by atoms with Gasteiger partial charge in [0.25, 0.3) is 0 Å². The number of fused-ring (bicyclic) bond motifs is 2. The third-order valence-corrected chi connectivity index (χ3v) is 7.34. The normalized spacial score (nSPS) is 19.6. The summed E-state index contributed by atoms with van der Waals surface area (Å²) in [4.78, 5) is 11.7. The van der Waals surface area contributed by atoms with E-state index in [0.29, 0.717) is 37.5 Å². The third kappa shape index (κ3) is 3.29. The smallest absolute Gasteiger partial charge is 0.243 e. The van der Waals surface area contributed by atoms with Gasteiger partial charge < -0.3 is 9.47 Å². The van der Waals surface area contributed by atoms with Crippen LogP contribution >= 0.6 is 0 Å². The summed E-state index contributed by atoms with van der Waals surface area (Å²) in [6.07, 6.45) is 1.44. The number of benzene rings is 2. The van der Waals surface area contributed by atoms with Crippen molar-refractivity contribution in [1.82, 2.24) is 4.31 Å². The average Bonchev–Trinajstić information content (AvgIpc) is 2.91. The summed E-state index contributed by atoms with van der Waals surface area (Å²) < 4.78 is 39.5. The van der Waals surface area contributed by atoms with Crippen molar-refractivity contribution in [3.8, 4) is 11.5 Å².